The van der Waals surface area contributed by atoms with Crippen molar-refractivity contribution in [2.24, 2.45) is 0 Å². The summed E-state index contributed by atoms with van der Waals surface area (Å²) in [5, 5.41) is -0.567. The lowest BCUT2D eigenvalue weighted by atomic mass is 10.1. The number of hydrogen-bond acceptors (Lipinski definition) is 4. The molecule has 1 N–H and O–H groups in total. The van der Waals surface area contributed by atoms with Gasteiger partial charge >= 0.3 is 0 Å². The van der Waals surface area contributed by atoms with E-state index in [1.807, 2.05) is 12.1 Å². The van der Waals surface area contributed by atoms with Crippen molar-refractivity contribution >= 4 is 34.1 Å². The van der Waals surface area contributed by atoms with E-state index in [1.165, 1.54) is 11.8 Å². The Bertz CT molecular complexity index is 605. The minimum Gasteiger partial charge on any atom is -1.00 e. The molecule has 0 saturated carbocycles. The van der Waals surface area contributed by atoms with E-state index in [0.717, 1.165) is 31.9 Å². The smallest absolute Gasteiger partial charge is 0.254 e. The third-order valence-electron chi connectivity index (χ3n) is 4.37. The Labute approximate surface area is 160 Å². The number of amides is 1. The lowest BCUT2D eigenvalue weighted by molar-refractivity contribution is -0.880. The number of rotatable bonds is 6. The van der Waals surface area contributed by atoms with Gasteiger partial charge in [-0.3, -0.25) is 9.59 Å². The van der Waals surface area contributed by atoms with Gasteiger partial charge in [0.25, 0.3) is 5.24 Å². The standard InChI is InChI=1S/C17H24ClN3O3.ClH/c1-13(22)21(10-11-24-3)16-12-14(4-5-15(16)17(18)23)20-8-6-19(2)7-9-20;/h4-5,12H,6-11H2,1-3H3;1H. The highest BCUT2D eigenvalue weighted by atomic mass is 35.5. The molecule has 8 heteroatoms. The van der Waals surface area contributed by atoms with Gasteiger partial charge in [0.2, 0.25) is 5.91 Å². The van der Waals surface area contributed by atoms with Gasteiger partial charge in [0.1, 0.15) is 0 Å². The third-order valence-corrected chi connectivity index (χ3v) is 4.57. The maximum Gasteiger partial charge on any atom is 0.254 e. The second kappa shape index (κ2) is 9.97. The number of quaternary nitrogens is 1. The number of carbonyl (C=O) groups is 2. The molecular weight excluding hydrogens is 365 g/mol. The van der Waals surface area contributed by atoms with Crippen LogP contribution in [0.2, 0.25) is 0 Å². The highest BCUT2D eigenvalue weighted by Crippen LogP contribution is 2.28. The number of hydrogen-bond donors (Lipinski definition) is 1. The zero-order valence-electron chi connectivity index (χ0n) is 14.8. The topological polar surface area (TPSA) is 54.3 Å². The largest absolute Gasteiger partial charge is 1.00 e. The molecule has 0 aliphatic carbocycles. The van der Waals surface area contributed by atoms with E-state index in [2.05, 4.69) is 11.9 Å². The zero-order chi connectivity index (χ0) is 17.7. The van der Waals surface area contributed by atoms with E-state index in [1.54, 1.807) is 18.1 Å². The van der Waals surface area contributed by atoms with E-state index in [9.17, 15) is 9.59 Å². The molecular formula is C17H25Cl2N3O3. The molecule has 1 saturated heterocycles. The van der Waals surface area contributed by atoms with Crippen LogP contribution in [0, 0.1) is 0 Å². The first kappa shape index (κ1) is 21.7. The average molecular weight is 390 g/mol. The fourth-order valence-electron chi connectivity index (χ4n) is 2.88. The van der Waals surface area contributed by atoms with Gasteiger partial charge in [-0.05, 0) is 29.8 Å². The van der Waals surface area contributed by atoms with Crippen molar-refractivity contribution in [3.8, 4) is 0 Å². The number of halogens is 2. The van der Waals surface area contributed by atoms with E-state index >= 15 is 0 Å². The van der Waals surface area contributed by atoms with Gasteiger partial charge < -0.3 is 31.8 Å². The second-order valence-electron chi connectivity index (χ2n) is 6.08. The quantitative estimate of drug-likeness (QED) is 0.542. The molecule has 1 amide bonds. The van der Waals surface area contributed by atoms with Crippen molar-refractivity contribution in [1.29, 1.82) is 0 Å². The van der Waals surface area contributed by atoms with Crippen LogP contribution in [0.5, 0.6) is 0 Å². The van der Waals surface area contributed by atoms with Crippen LogP contribution in [0.3, 0.4) is 0 Å². The molecule has 0 aromatic heterocycles. The van der Waals surface area contributed by atoms with E-state index in [4.69, 9.17) is 16.3 Å². The first-order valence-electron chi connectivity index (χ1n) is 8.11. The molecule has 1 heterocycles. The van der Waals surface area contributed by atoms with Crippen LogP contribution >= 0.6 is 11.6 Å². The van der Waals surface area contributed by atoms with Gasteiger partial charge in [-0.25, -0.2) is 0 Å². The van der Waals surface area contributed by atoms with Gasteiger partial charge in [-0.1, -0.05) is 0 Å². The molecule has 1 aromatic carbocycles. The maximum absolute atomic E-state index is 12.1. The van der Waals surface area contributed by atoms with Crippen molar-refractivity contribution in [3.63, 3.8) is 0 Å². The van der Waals surface area contributed by atoms with Crippen LogP contribution < -0.4 is 27.1 Å². The molecule has 0 radical (unpaired) electrons. The van der Waals surface area contributed by atoms with Crippen molar-refractivity contribution in [2.75, 3.05) is 63.3 Å². The molecule has 1 aromatic rings. The normalized spacial score (nSPS) is 14.8. The third kappa shape index (κ3) is 5.57. The summed E-state index contributed by atoms with van der Waals surface area (Å²) in [4.78, 5) is 29.2. The summed E-state index contributed by atoms with van der Waals surface area (Å²) >= 11 is 5.72. The Balaban J connectivity index is 0.00000312. The molecule has 0 bridgehead atoms. The first-order chi connectivity index (χ1) is 11.4. The van der Waals surface area contributed by atoms with Crippen LogP contribution in [0.4, 0.5) is 11.4 Å². The number of anilines is 2. The number of nitrogens with one attached hydrogen (secondary N) is 1. The minimum absolute atomic E-state index is 0. The van der Waals surface area contributed by atoms with Crippen LogP contribution in [0.25, 0.3) is 0 Å². The van der Waals surface area contributed by atoms with Gasteiger partial charge in [0, 0.05) is 26.3 Å². The van der Waals surface area contributed by atoms with E-state index in [0.29, 0.717) is 24.4 Å². The molecule has 0 atom stereocenters. The molecule has 1 fully saturated rings. The van der Waals surface area contributed by atoms with Gasteiger partial charge in [0.05, 0.1) is 51.1 Å². The molecule has 140 valence electrons. The number of likely N-dealkylation sites (N-methyl/N-ethyl adjacent to an activating group) is 1. The number of benzene rings is 1. The van der Waals surface area contributed by atoms with Crippen molar-refractivity contribution < 1.29 is 31.6 Å². The fourth-order valence-corrected chi connectivity index (χ4v) is 3.04. The fraction of sp³-hybridized carbons (Fsp3) is 0.529. The molecule has 2 rings (SSSR count). The zero-order valence-corrected chi connectivity index (χ0v) is 16.4. The summed E-state index contributed by atoms with van der Waals surface area (Å²) in [6.07, 6.45) is 0. The molecule has 1 aliphatic rings. The SMILES string of the molecule is COCCN(C(C)=O)c1cc(N2CC[NH+](C)CC2)ccc1C(=O)Cl.[Cl-]. The summed E-state index contributed by atoms with van der Waals surface area (Å²) < 4.78 is 5.08. The lowest BCUT2D eigenvalue weighted by Gasteiger charge is -2.33. The van der Waals surface area contributed by atoms with Crippen molar-refractivity contribution in [1.82, 2.24) is 0 Å². The summed E-state index contributed by atoms with van der Waals surface area (Å²) in [5.74, 6) is -0.147. The average Bonchev–Trinajstić information content (AvgIpc) is 2.55. The molecule has 1 aliphatic heterocycles. The summed E-state index contributed by atoms with van der Waals surface area (Å²) in [7, 11) is 3.76. The predicted octanol–water partition coefficient (Wildman–Crippen LogP) is -2.60. The molecule has 6 nitrogen and oxygen atoms in total. The minimum atomic E-state index is -0.567. The molecule has 25 heavy (non-hydrogen) atoms. The second-order valence-corrected chi connectivity index (χ2v) is 6.43. The van der Waals surface area contributed by atoms with Crippen molar-refractivity contribution in [2.45, 2.75) is 6.92 Å². The predicted molar refractivity (Wildman–Crippen MR) is 95.4 cm³/mol. The molecule has 0 unspecified atom stereocenters. The van der Waals surface area contributed by atoms with Crippen LogP contribution in [-0.4, -0.2) is 64.6 Å². The summed E-state index contributed by atoms with van der Waals surface area (Å²) in [6.45, 7) is 6.24. The Morgan fingerprint density at radius 3 is 2.48 bits per heavy atom. The highest BCUT2D eigenvalue weighted by molar-refractivity contribution is 6.68. The van der Waals surface area contributed by atoms with E-state index < -0.39 is 5.24 Å². The highest BCUT2D eigenvalue weighted by Gasteiger charge is 2.22. The Morgan fingerprint density at radius 2 is 1.96 bits per heavy atom. The monoisotopic (exact) mass is 389 g/mol. The van der Waals surface area contributed by atoms with Gasteiger partial charge in [0.15, 0.2) is 0 Å². The maximum atomic E-state index is 12.1. The number of nitrogens with zero attached hydrogens (tertiary/aromatic N) is 2. The van der Waals surface area contributed by atoms with Crippen LogP contribution in [0.15, 0.2) is 18.2 Å². The summed E-state index contributed by atoms with van der Waals surface area (Å²) in [5.41, 5.74) is 1.89. The Morgan fingerprint density at radius 1 is 1.32 bits per heavy atom. The number of carbonyl (C=O) groups excluding carboxylic acids is 2. The summed E-state index contributed by atoms with van der Waals surface area (Å²) in [6, 6.07) is 5.48. The Hall–Kier alpha value is -1.34. The van der Waals surface area contributed by atoms with Crippen LogP contribution in [-0.2, 0) is 9.53 Å². The number of methoxy groups -OCH3 is 1. The van der Waals surface area contributed by atoms with Crippen LogP contribution in [0.1, 0.15) is 17.3 Å². The Kier molecular flexibility index (Phi) is 8.65. The number of ether oxygens (including phenoxy) is 1. The van der Waals surface area contributed by atoms with E-state index in [-0.39, 0.29) is 18.3 Å². The van der Waals surface area contributed by atoms with Gasteiger partial charge in [-0.15, -0.1) is 0 Å². The van der Waals surface area contributed by atoms with Gasteiger partial charge in [-0.2, -0.15) is 0 Å². The van der Waals surface area contributed by atoms with Crippen molar-refractivity contribution in [3.05, 3.63) is 23.8 Å². The lowest BCUT2D eigenvalue weighted by Crippen LogP contribution is -3.12. The first-order valence-corrected chi connectivity index (χ1v) is 8.49. The number of piperazine rings is 1. The molecule has 0 spiro atoms.